The highest BCUT2D eigenvalue weighted by atomic mass is 16.5. The smallest absolute Gasteiger partial charge is 0.132 e. The molecule has 2 aromatic rings. The molecule has 20 heavy (non-hydrogen) atoms. The first-order valence-electron chi connectivity index (χ1n) is 7.16. The van der Waals surface area contributed by atoms with Crippen LogP contribution >= 0.6 is 0 Å². The first-order chi connectivity index (χ1) is 9.85. The predicted molar refractivity (Wildman–Crippen MR) is 76.6 cm³/mol. The Bertz CT molecular complexity index is 652. The molecule has 1 aliphatic heterocycles. The van der Waals surface area contributed by atoms with E-state index in [9.17, 15) is 0 Å². The topological polar surface area (TPSA) is 61.0 Å². The summed E-state index contributed by atoms with van der Waals surface area (Å²) in [5.74, 6) is 1.58. The van der Waals surface area contributed by atoms with E-state index in [0.717, 1.165) is 29.1 Å². The van der Waals surface area contributed by atoms with E-state index < -0.39 is 0 Å². The summed E-state index contributed by atoms with van der Waals surface area (Å²) in [7, 11) is 0. The van der Waals surface area contributed by atoms with Gasteiger partial charge in [-0.15, -0.1) is 0 Å². The molecule has 1 aliphatic carbocycles. The van der Waals surface area contributed by atoms with Crippen LogP contribution in [-0.4, -0.2) is 22.6 Å². The van der Waals surface area contributed by atoms with E-state index in [-0.39, 0.29) is 6.10 Å². The molecule has 0 amide bonds. The van der Waals surface area contributed by atoms with Gasteiger partial charge in [-0.25, -0.2) is 9.97 Å². The maximum atomic E-state index is 5.97. The third kappa shape index (κ3) is 1.96. The molecule has 4 rings (SSSR count). The number of nitrogens with two attached hydrogens (primary N) is 1. The van der Waals surface area contributed by atoms with Crippen molar-refractivity contribution < 1.29 is 4.74 Å². The van der Waals surface area contributed by atoms with Gasteiger partial charge in [0, 0.05) is 30.1 Å². The van der Waals surface area contributed by atoms with Crippen molar-refractivity contribution in [2.75, 3.05) is 6.54 Å². The lowest BCUT2D eigenvalue weighted by molar-refractivity contribution is 0.242. The Labute approximate surface area is 118 Å². The molecule has 4 heteroatoms. The van der Waals surface area contributed by atoms with E-state index in [1.54, 1.807) is 6.33 Å². The zero-order valence-electron chi connectivity index (χ0n) is 11.2. The number of nitrogens with zero attached hydrogens (tertiary/aromatic N) is 2. The molecular weight excluding hydrogens is 250 g/mol. The molecule has 1 saturated carbocycles. The van der Waals surface area contributed by atoms with Crippen LogP contribution in [0.2, 0.25) is 0 Å². The summed E-state index contributed by atoms with van der Waals surface area (Å²) in [5, 5.41) is 0. The third-order valence-electron chi connectivity index (χ3n) is 4.05. The molecule has 2 heterocycles. The molecule has 0 bridgehead atoms. The van der Waals surface area contributed by atoms with Gasteiger partial charge in [0.25, 0.3) is 0 Å². The zero-order valence-corrected chi connectivity index (χ0v) is 11.2. The molecular formula is C16H17N3O. The summed E-state index contributed by atoms with van der Waals surface area (Å²) in [6, 6.07) is 8.34. The minimum atomic E-state index is 0.0934. The predicted octanol–water partition coefficient (Wildman–Crippen LogP) is 2.28. The van der Waals surface area contributed by atoms with E-state index in [2.05, 4.69) is 34.2 Å². The lowest BCUT2D eigenvalue weighted by Gasteiger charge is -2.10. The number of hydrogen-bond acceptors (Lipinski definition) is 4. The number of aromatic nitrogens is 2. The normalized spacial score (nSPS) is 20.6. The van der Waals surface area contributed by atoms with Gasteiger partial charge in [-0.3, -0.25) is 0 Å². The SMILES string of the molecule is NCC1Cc2cccc(-c3cc(C4CC4)ncn3)c2O1. The van der Waals surface area contributed by atoms with E-state index in [0.29, 0.717) is 12.5 Å². The van der Waals surface area contributed by atoms with Crippen molar-refractivity contribution >= 4 is 0 Å². The van der Waals surface area contributed by atoms with Crippen LogP contribution in [0.25, 0.3) is 11.3 Å². The van der Waals surface area contributed by atoms with E-state index >= 15 is 0 Å². The number of rotatable bonds is 3. The minimum Gasteiger partial charge on any atom is -0.488 e. The zero-order chi connectivity index (χ0) is 13.5. The molecule has 0 spiro atoms. The number of hydrogen-bond donors (Lipinski definition) is 1. The molecule has 1 aromatic carbocycles. The van der Waals surface area contributed by atoms with E-state index in [4.69, 9.17) is 10.5 Å². The maximum Gasteiger partial charge on any atom is 0.132 e. The number of para-hydroxylation sites is 1. The van der Waals surface area contributed by atoms with Crippen LogP contribution in [0, 0.1) is 0 Å². The van der Waals surface area contributed by atoms with Gasteiger partial charge in [-0.05, 0) is 30.5 Å². The second-order valence-corrected chi connectivity index (χ2v) is 5.58. The molecule has 0 saturated heterocycles. The molecule has 1 fully saturated rings. The van der Waals surface area contributed by atoms with Crippen LogP contribution in [0.3, 0.4) is 0 Å². The van der Waals surface area contributed by atoms with Gasteiger partial charge in [0.15, 0.2) is 0 Å². The van der Waals surface area contributed by atoms with Crippen LogP contribution < -0.4 is 10.5 Å². The lowest BCUT2D eigenvalue weighted by atomic mass is 10.0. The molecule has 1 unspecified atom stereocenters. The number of benzene rings is 1. The number of fused-ring (bicyclic) bond motifs is 1. The quantitative estimate of drug-likeness (QED) is 0.926. The Morgan fingerprint density at radius 2 is 2.15 bits per heavy atom. The molecule has 4 nitrogen and oxygen atoms in total. The van der Waals surface area contributed by atoms with Crippen molar-refractivity contribution in [2.24, 2.45) is 5.73 Å². The summed E-state index contributed by atoms with van der Waals surface area (Å²) in [6.45, 7) is 0.547. The maximum absolute atomic E-state index is 5.97. The van der Waals surface area contributed by atoms with Gasteiger partial charge in [0.1, 0.15) is 18.2 Å². The third-order valence-corrected chi connectivity index (χ3v) is 4.05. The highest BCUT2D eigenvalue weighted by Gasteiger charge is 2.27. The Hall–Kier alpha value is -1.94. The Balaban J connectivity index is 1.76. The molecule has 1 aromatic heterocycles. The summed E-state index contributed by atoms with van der Waals surface area (Å²) in [4.78, 5) is 8.81. The molecule has 2 N–H and O–H groups in total. The average molecular weight is 267 g/mol. The van der Waals surface area contributed by atoms with E-state index in [1.807, 2.05) is 0 Å². The Morgan fingerprint density at radius 1 is 1.25 bits per heavy atom. The van der Waals surface area contributed by atoms with Gasteiger partial charge >= 0.3 is 0 Å². The highest BCUT2D eigenvalue weighted by Crippen LogP contribution is 2.42. The van der Waals surface area contributed by atoms with E-state index in [1.165, 1.54) is 18.4 Å². The van der Waals surface area contributed by atoms with Crippen molar-refractivity contribution in [1.82, 2.24) is 9.97 Å². The first kappa shape index (κ1) is 11.9. The van der Waals surface area contributed by atoms with Gasteiger partial charge in [0.05, 0.1) is 5.69 Å². The molecule has 1 atom stereocenters. The molecule has 102 valence electrons. The Kier molecular flexibility index (Phi) is 2.70. The molecule has 2 aliphatic rings. The van der Waals surface area contributed by atoms with Crippen LogP contribution in [-0.2, 0) is 6.42 Å². The second kappa shape index (κ2) is 4.56. The Morgan fingerprint density at radius 3 is 2.95 bits per heavy atom. The summed E-state index contributed by atoms with van der Waals surface area (Å²) >= 11 is 0. The van der Waals surface area contributed by atoms with Crippen LogP contribution in [0.15, 0.2) is 30.6 Å². The van der Waals surface area contributed by atoms with Crippen LogP contribution in [0.5, 0.6) is 5.75 Å². The first-order valence-corrected chi connectivity index (χ1v) is 7.16. The lowest BCUT2D eigenvalue weighted by Crippen LogP contribution is -2.24. The number of ether oxygens (including phenoxy) is 1. The fourth-order valence-corrected chi connectivity index (χ4v) is 2.79. The monoisotopic (exact) mass is 267 g/mol. The summed E-state index contributed by atoms with van der Waals surface area (Å²) in [5.41, 5.74) is 10.1. The average Bonchev–Trinajstić information content (AvgIpc) is 3.25. The largest absolute Gasteiger partial charge is 0.488 e. The summed E-state index contributed by atoms with van der Waals surface area (Å²) in [6.07, 6.45) is 5.14. The fraction of sp³-hybridized carbons (Fsp3) is 0.375. The fourth-order valence-electron chi connectivity index (χ4n) is 2.79. The van der Waals surface area contributed by atoms with Crippen LogP contribution in [0.1, 0.15) is 30.0 Å². The van der Waals surface area contributed by atoms with Crippen molar-refractivity contribution in [3.63, 3.8) is 0 Å². The van der Waals surface area contributed by atoms with Crippen molar-refractivity contribution in [3.05, 3.63) is 41.9 Å². The second-order valence-electron chi connectivity index (χ2n) is 5.58. The minimum absolute atomic E-state index is 0.0934. The summed E-state index contributed by atoms with van der Waals surface area (Å²) < 4.78 is 5.97. The molecule has 0 radical (unpaired) electrons. The van der Waals surface area contributed by atoms with Crippen molar-refractivity contribution in [1.29, 1.82) is 0 Å². The van der Waals surface area contributed by atoms with Gasteiger partial charge < -0.3 is 10.5 Å². The van der Waals surface area contributed by atoms with Crippen molar-refractivity contribution in [3.8, 4) is 17.0 Å². The standard InChI is InChI=1S/C16H17N3O/c17-8-12-6-11-2-1-3-13(16(11)20-12)15-7-14(10-4-5-10)18-9-19-15/h1-3,7,9-10,12H,4-6,8,17H2. The van der Waals surface area contributed by atoms with Gasteiger partial charge in [-0.1, -0.05) is 12.1 Å². The van der Waals surface area contributed by atoms with Gasteiger partial charge in [0.2, 0.25) is 0 Å². The van der Waals surface area contributed by atoms with Gasteiger partial charge in [-0.2, -0.15) is 0 Å². The van der Waals surface area contributed by atoms with Crippen LogP contribution in [0.4, 0.5) is 0 Å². The highest BCUT2D eigenvalue weighted by molar-refractivity contribution is 5.70. The van der Waals surface area contributed by atoms with Crippen molar-refractivity contribution in [2.45, 2.75) is 31.3 Å².